The van der Waals surface area contributed by atoms with Gasteiger partial charge in [-0.2, -0.15) is 0 Å². The molecule has 0 bridgehead atoms. The van der Waals surface area contributed by atoms with Gasteiger partial charge in [0.2, 0.25) is 5.91 Å². The lowest BCUT2D eigenvalue weighted by molar-refractivity contribution is -0.124. The van der Waals surface area contributed by atoms with Crippen LogP contribution in [0, 0.1) is 6.92 Å². The van der Waals surface area contributed by atoms with E-state index in [0.29, 0.717) is 47.7 Å². The quantitative estimate of drug-likeness (QED) is 0.335. The van der Waals surface area contributed by atoms with Crippen LogP contribution < -0.4 is 19.7 Å². The third kappa shape index (κ3) is 4.63. The Morgan fingerprint density at radius 3 is 2.61 bits per heavy atom. The summed E-state index contributed by atoms with van der Waals surface area (Å²) in [6, 6.07) is 17.8. The fourth-order valence-electron chi connectivity index (χ4n) is 5.49. The van der Waals surface area contributed by atoms with E-state index in [1.165, 1.54) is 16.8 Å². The SMILES string of the molecule is CCOc1cc(/C=C/C23NC(=O)CCN2c2ccc(C)cc2C3(C)C)ccc1OCc1ccc(Cl)cc1Cl. The van der Waals surface area contributed by atoms with E-state index in [0.717, 1.165) is 11.1 Å². The Kier molecular flexibility index (Phi) is 7.10. The van der Waals surface area contributed by atoms with Crippen LogP contribution in [0.2, 0.25) is 10.0 Å². The maximum absolute atomic E-state index is 12.7. The van der Waals surface area contributed by atoms with Crippen molar-refractivity contribution >= 4 is 40.9 Å². The third-order valence-corrected chi connectivity index (χ3v) is 8.16. The van der Waals surface area contributed by atoms with Gasteiger partial charge in [-0.25, -0.2) is 0 Å². The molecule has 5 nitrogen and oxygen atoms in total. The lowest BCUT2D eigenvalue weighted by Crippen LogP contribution is -2.68. The van der Waals surface area contributed by atoms with Crippen molar-refractivity contribution in [2.24, 2.45) is 0 Å². The van der Waals surface area contributed by atoms with Crippen molar-refractivity contribution in [2.75, 3.05) is 18.1 Å². The Labute approximate surface area is 234 Å². The smallest absolute Gasteiger partial charge is 0.223 e. The first-order valence-electron chi connectivity index (χ1n) is 12.9. The number of hydrogen-bond donors (Lipinski definition) is 1. The zero-order valence-corrected chi connectivity index (χ0v) is 23.6. The average Bonchev–Trinajstić information content (AvgIpc) is 3.06. The number of anilines is 1. The van der Waals surface area contributed by atoms with Crippen molar-refractivity contribution in [1.29, 1.82) is 0 Å². The van der Waals surface area contributed by atoms with Crippen LogP contribution in [0.15, 0.2) is 60.7 Å². The molecule has 1 fully saturated rings. The highest BCUT2D eigenvalue weighted by Gasteiger charge is 2.57. The summed E-state index contributed by atoms with van der Waals surface area (Å²) >= 11 is 12.3. The molecule has 1 amide bonds. The molecule has 0 spiro atoms. The first-order valence-corrected chi connectivity index (χ1v) is 13.6. The van der Waals surface area contributed by atoms with Gasteiger partial charge in [0.25, 0.3) is 0 Å². The van der Waals surface area contributed by atoms with Crippen LogP contribution in [-0.2, 0) is 16.8 Å². The second-order valence-electron chi connectivity index (χ2n) is 10.4. The molecule has 198 valence electrons. The molecule has 3 aromatic rings. The van der Waals surface area contributed by atoms with Gasteiger partial charge in [0, 0.05) is 39.7 Å². The number of hydrogen-bond acceptors (Lipinski definition) is 4. The molecule has 1 atom stereocenters. The van der Waals surface area contributed by atoms with Gasteiger partial charge in [-0.1, -0.05) is 73.0 Å². The summed E-state index contributed by atoms with van der Waals surface area (Å²) < 4.78 is 12.0. The topological polar surface area (TPSA) is 50.8 Å². The van der Waals surface area contributed by atoms with E-state index < -0.39 is 5.66 Å². The Morgan fingerprint density at radius 1 is 1.03 bits per heavy atom. The summed E-state index contributed by atoms with van der Waals surface area (Å²) in [4.78, 5) is 15.0. The molecule has 0 aromatic heterocycles. The molecule has 0 saturated carbocycles. The van der Waals surface area contributed by atoms with Crippen LogP contribution in [0.4, 0.5) is 5.69 Å². The highest BCUT2D eigenvalue weighted by Crippen LogP contribution is 2.52. The summed E-state index contributed by atoms with van der Waals surface area (Å²) in [5.41, 5.74) is 4.39. The van der Waals surface area contributed by atoms with Gasteiger partial charge in [0.05, 0.1) is 6.61 Å². The average molecular weight is 552 g/mol. The number of benzene rings is 3. The number of rotatable bonds is 7. The van der Waals surface area contributed by atoms with Crippen LogP contribution >= 0.6 is 23.2 Å². The van der Waals surface area contributed by atoms with Gasteiger partial charge in [0.15, 0.2) is 11.5 Å². The van der Waals surface area contributed by atoms with Gasteiger partial charge >= 0.3 is 0 Å². The highest BCUT2D eigenvalue weighted by atomic mass is 35.5. The van der Waals surface area contributed by atoms with Crippen LogP contribution in [0.3, 0.4) is 0 Å². The van der Waals surface area contributed by atoms with Crippen molar-refractivity contribution in [3.63, 3.8) is 0 Å². The Balaban J connectivity index is 1.45. The Hall–Kier alpha value is -3.15. The minimum atomic E-state index is -0.676. The van der Waals surface area contributed by atoms with Gasteiger partial charge in [-0.15, -0.1) is 0 Å². The predicted molar refractivity (Wildman–Crippen MR) is 154 cm³/mol. The standard InChI is InChI=1S/C31H32Cl2N2O3/c1-5-37-28-17-21(7-11-27(28)38-19-22-8-9-23(32)18-25(22)33)12-14-31-30(3,4)24-16-20(2)6-10-26(24)35(31)15-13-29(36)34-31/h6-12,14,16-18H,5,13,15,19H2,1-4H3,(H,34,36)/b14-12+. The van der Waals surface area contributed by atoms with Gasteiger partial charge < -0.3 is 19.7 Å². The van der Waals surface area contributed by atoms with Crippen molar-refractivity contribution in [3.05, 3.63) is 93.0 Å². The van der Waals surface area contributed by atoms with Crippen molar-refractivity contribution in [3.8, 4) is 11.5 Å². The number of halogens is 2. The van der Waals surface area contributed by atoms with Crippen LogP contribution in [0.25, 0.3) is 6.08 Å². The van der Waals surface area contributed by atoms with Crippen LogP contribution in [0.1, 0.15) is 49.4 Å². The molecule has 2 aliphatic rings. The lowest BCUT2D eigenvalue weighted by atomic mass is 9.74. The van der Waals surface area contributed by atoms with E-state index in [2.05, 4.69) is 61.3 Å². The van der Waals surface area contributed by atoms with E-state index in [1.807, 2.05) is 31.2 Å². The molecule has 2 heterocycles. The van der Waals surface area contributed by atoms with Gasteiger partial charge in [-0.05, 0) is 61.4 Å². The number of aryl methyl sites for hydroxylation is 1. The fourth-order valence-corrected chi connectivity index (χ4v) is 5.96. The maximum Gasteiger partial charge on any atom is 0.223 e. The molecule has 1 N–H and O–H groups in total. The first kappa shape index (κ1) is 26.5. The molecule has 7 heteroatoms. The summed E-state index contributed by atoms with van der Waals surface area (Å²) in [7, 11) is 0. The third-order valence-electron chi connectivity index (χ3n) is 7.57. The molecule has 0 radical (unpaired) electrons. The number of amides is 1. The first-order chi connectivity index (χ1) is 18.1. The largest absolute Gasteiger partial charge is 0.490 e. The van der Waals surface area contributed by atoms with E-state index in [1.54, 1.807) is 12.1 Å². The number of carbonyl (C=O) groups is 1. The Morgan fingerprint density at radius 2 is 1.84 bits per heavy atom. The number of ether oxygens (including phenoxy) is 2. The fraction of sp³-hybridized carbons (Fsp3) is 0.323. The monoisotopic (exact) mass is 550 g/mol. The second kappa shape index (κ2) is 10.2. The molecule has 1 saturated heterocycles. The number of carbonyl (C=O) groups excluding carboxylic acids is 1. The predicted octanol–water partition coefficient (Wildman–Crippen LogP) is 7.31. The maximum atomic E-state index is 12.7. The zero-order valence-electron chi connectivity index (χ0n) is 22.1. The normalized spacial score (nSPS) is 19.7. The molecule has 3 aromatic carbocycles. The summed E-state index contributed by atoms with van der Waals surface area (Å²) in [5.74, 6) is 1.33. The molecule has 0 aliphatic carbocycles. The molecule has 2 aliphatic heterocycles. The number of fused-ring (bicyclic) bond motifs is 3. The zero-order chi connectivity index (χ0) is 27.1. The minimum Gasteiger partial charge on any atom is -0.490 e. The van der Waals surface area contributed by atoms with Crippen molar-refractivity contribution < 1.29 is 14.3 Å². The highest BCUT2D eigenvalue weighted by molar-refractivity contribution is 6.35. The molecule has 38 heavy (non-hydrogen) atoms. The summed E-state index contributed by atoms with van der Waals surface area (Å²) in [5, 5.41) is 4.48. The second-order valence-corrected chi connectivity index (χ2v) is 11.2. The minimum absolute atomic E-state index is 0.0584. The van der Waals surface area contributed by atoms with E-state index >= 15 is 0 Å². The van der Waals surface area contributed by atoms with Crippen LogP contribution in [0.5, 0.6) is 11.5 Å². The molecular formula is C31H32Cl2N2O3. The van der Waals surface area contributed by atoms with E-state index in [4.69, 9.17) is 32.7 Å². The van der Waals surface area contributed by atoms with Crippen molar-refractivity contribution in [1.82, 2.24) is 5.32 Å². The van der Waals surface area contributed by atoms with Crippen molar-refractivity contribution in [2.45, 2.75) is 51.8 Å². The molecule has 1 unspecified atom stereocenters. The van der Waals surface area contributed by atoms with E-state index in [-0.39, 0.29) is 11.3 Å². The van der Waals surface area contributed by atoms with Gasteiger partial charge in [-0.3, -0.25) is 4.79 Å². The summed E-state index contributed by atoms with van der Waals surface area (Å²) in [6.07, 6.45) is 4.65. The Bertz CT molecular complexity index is 1420. The number of nitrogens with zero attached hydrogens (tertiary/aromatic N) is 1. The lowest BCUT2D eigenvalue weighted by Gasteiger charge is -2.49. The molecular weight excluding hydrogens is 519 g/mol. The number of nitrogens with one attached hydrogen (secondary N) is 1. The summed E-state index contributed by atoms with van der Waals surface area (Å²) in [6.45, 7) is 9.91. The van der Waals surface area contributed by atoms with Gasteiger partial charge in [0.1, 0.15) is 12.3 Å². The van der Waals surface area contributed by atoms with Crippen LogP contribution in [-0.4, -0.2) is 24.7 Å². The van der Waals surface area contributed by atoms with E-state index in [9.17, 15) is 4.79 Å². The molecule has 5 rings (SSSR count).